The number of nitrogens with one attached hydrogen (secondary N) is 1. The Kier molecular flexibility index (Phi) is 6.46. The molecule has 0 bridgehead atoms. The van der Waals surface area contributed by atoms with Crippen molar-refractivity contribution < 1.29 is 19.1 Å². The molecule has 28 heavy (non-hydrogen) atoms. The largest absolute Gasteiger partial charge is 0.451 e. The minimum absolute atomic E-state index is 0.265. The molecule has 0 spiro atoms. The quantitative estimate of drug-likeness (QED) is 0.718. The van der Waals surface area contributed by atoms with Gasteiger partial charge in [0.1, 0.15) is 6.54 Å². The number of carbonyl (C=O) groups is 3. The number of rotatable bonds is 5. The Morgan fingerprint density at radius 1 is 1.18 bits per heavy atom. The fraction of sp³-hybridized carbons (Fsp3) is 0.286. The number of benzene rings is 2. The van der Waals surface area contributed by atoms with E-state index in [2.05, 4.69) is 21.2 Å². The van der Waals surface area contributed by atoms with Gasteiger partial charge in [-0.05, 0) is 49.6 Å². The summed E-state index contributed by atoms with van der Waals surface area (Å²) in [5, 5.41) is 2.51. The molecule has 1 unspecified atom stereocenters. The molecule has 0 aliphatic carbocycles. The van der Waals surface area contributed by atoms with Crippen molar-refractivity contribution >= 4 is 39.4 Å². The first-order valence-electron chi connectivity index (χ1n) is 9.08. The van der Waals surface area contributed by atoms with Gasteiger partial charge in [-0.1, -0.05) is 40.2 Å². The van der Waals surface area contributed by atoms with Crippen molar-refractivity contribution in [1.29, 1.82) is 0 Å². The number of carbonyl (C=O) groups excluding carboxylic acids is 3. The molecular weight excluding hydrogens is 424 g/mol. The van der Waals surface area contributed by atoms with Crippen LogP contribution in [0.2, 0.25) is 0 Å². The summed E-state index contributed by atoms with van der Waals surface area (Å²) in [4.78, 5) is 38.6. The number of hydrogen-bond acceptors (Lipinski definition) is 4. The molecule has 146 valence electrons. The Morgan fingerprint density at radius 2 is 1.96 bits per heavy atom. The van der Waals surface area contributed by atoms with Crippen LogP contribution >= 0.6 is 15.9 Å². The first kappa shape index (κ1) is 20.1. The van der Waals surface area contributed by atoms with E-state index in [1.807, 2.05) is 24.3 Å². The second-order valence-corrected chi connectivity index (χ2v) is 7.46. The first-order valence-corrected chi connectivity index (χ1v) is 9.87. The predicted molar refractivity (Wildman–Crippen MR) is 109 cm³/mol. The molecular formula is C21H21BrN2O4. The summed E-state index contributed by atoms with van der Waals surface area (Å²) >= 11 is 3.29. The number of fused-ring (bicyclic) bond motifs is 1. The topological polar surface area (TPSA) is 75.7 Å². The number of ether oxygens (including phenoxy) is 1. The van der Waals surface area contributed by atoms with E-state index >= 15 is 0 Å². The smallest absolute Gasteiger partial charge is 0.326 e. The monoisotopic (exact) mass is 444 g/mol. The summed E-state index contributed by atoms with van der Waals surface area (Å²) < 4.78 is 6.00. The molecule has 6 nitrogen and oxygen atoms in total. The van der Waals surface area contributed by atoms with Crippen LogP contribution in [0.4, 0.5) is 5.69 Å². The van der Waals surface area contributed by atoms with E-state index < -0.39 is 12.1 Å². The average molecular weight is 445 g/mol. The third-order valence-electron chi connectivity index (χ3n) is 4.51. The predicted octanol–water partition coefficient (Wildman–Crippen LogP) is 3.09. The van der Waals surface area contributed by atoms with Gasteiger partial charge in [-0.15, -0.1) is 0 Å². The number of amides is 2. The van der Waals surface area contributed by atoms with Crippen molar-refractivity contribution in [3.63, 3.8) is 0 Å². The Labute approximate surface area is 172 Å². The van der Waals surface area contributed by atoms with E-state index in [0.717, 1.165) is 28.6 Å². The van der Waals surface area contributed by atoms with Crippen molar-refractivity contribution in [2.45, 2.75) is 25.9 Å². The van der Waals surface area contributed by atoms with Gasteiger partial charge in [0.05, 0.1) is 0 Å². The second-order valence-electron chi connectivity index (χ2n) is 6.55. The molecule has 2 amide bonds. The summed E-state index contributed by atoms with van der Waals surface area (Å²) in [6.07, 6.45) is 0.864. The molecule has 0 saturated carbocycles. The van der Waals surface area contributed by atoms with Gasteiger partial charge >= 0.3 is 5.97 Å². The van der Waals surface area contributed by atoms with Crippen molar-refractivity contribution in [2.24, 2.45) is 0 Å². The van der Waals surface area contributed by atoms with Crippen molar-refractivity contribution in [3.8, 4) is 0 Å². The Bertz CT molecular complexity index is 899. The number of nitrogens with zero attached hydrogens (tertiary/aromatic N) is 1. The molecule has 3 rings (SSSR count). The lowest BCUT2D eigenvalue weighted by Gasteiger charge is -2.31. The zero-order chi connectivity index (χ0) is 20.1. The number of aryl methyl sites for hydroxylation is 1. The lowest BCUT2D eigenvalue weighted by atomic mass is 10.0. The van der Waals surface area contributed by atoms with Crippen LogP contribution in [0.1, 0.15) is 29.3 Å². The normalized spacial score (nSPS) is 14.0. The van der Waals surface area contributed by atoms with Gasteiger partial charge in [-0.2, -0.15) is 0 Å². The van der Waals surface area contributed by atoms with Gasteiger partial charge in [0.25, 0.3) is 11.8 Å². The fourth-order valence-electron chi connectivity index (χ4n) is 3.16. The summed E-state index contributed by atoms with van der Waals surface area (Å²) in [7, 11) is 0. The molecule has 1 aliphatic rings. The van der Waals surface area contributed by atoms with E-state index in [1.54, 1.807) is 36.1 Å². The molecule has 2 aromatic carbocycles. The maximum absolute atomic E-state index is 12.7. The number of para-hydroxylation sites is 1. The van der Waals surface area contributed by atoms with E-state index in [0.29, 0.717) is 12.1 Å². The highest BCUT2D eigenvalue weighted by atomic mass is 79.9. The molecule has 7 heteroatoms. The summed E-state index contributed by atoms with van der Waals surface area (Å²) in [6.45, 7) is 1.84. The number of halogens is 1. The Hall–Kier alpha value is -2.67. The second kappa shape index (κ2) is 9.01. The number of hydrogen-bond donors (Lipinski definition) is 1. The molecule has 2 aromatic rings. The zero-order valence-corrected chi connectivity index (χ0v) is 17.1. The van der Waals surface area contributed by atoms with Crippen molar-refractivity contribution in [2.75, 3.05) is 18.0 Å². The van der Waals surface area contributed by atoms with Crippen LogP contribution in [-0.2, 0) is 20.7 Å². The van der Waals surface area contributed by atoms with Crippen molar-refractivity contribution in [1.82, 2.24) is 5.32 Å². The fourth-order valence-corrected chi connectivity index (χ4v) is 3.55. The SMILES string of the molecule is CC(OC(=O)CNC(=O)c1cccc(Br)c1)C(=O)N1CCCc2ccccc21. The van der Waals surface area contributed by atoms with Gasteiger partial charge < -0.3 is 15.0 Å². The highest BCUT2D eigenvalue weighted by molar-refractivity contribution is 9.10. The third-order valence-corrected chi connectivity index (χ3v) is 5.01. The van der Waals surface area contributed by atoms with Gasteiger partial charge in [0.15, 0.2) is 6.10 Å². The highest BCUT2D eigenvalue weighted by Crippen LogP contribution is 2.27. The Balaban J connectivity index is 1.54. The maximum atomic E-state index is 12.7. The van der Waals surface area contributed by atoms with Gasteiger partial charge in [0.2, 0.25) is 0 Å². The van der Waals surface area contributed by atoms with Gasteiger partial charge in [0, 0.05) is 22.3 Å². The Morgan fingerprint density at radius 3 is 2.75 bits per heavy atom. The maximum Gasteiger partial charge on any atom is 0.326 e. The van der Waals surface area contributed by atoms with Gasteiger partial charge in [-0.25, -0.2) is 0 Å². The number of esters is 1. The molecule has 0 saturated heterocycles. The molecule has 1 N–H and O–H groups in total. The lowest BCUT2D eigenvalue weighted by molar-refractivity contribution is -0.152. The van der Waals surface area contributed by atoms with E-state index in [-0.39, 0.29) is 18.4 Å². The van der Waals surface area contributed by atoms with Crippen LogP contribution in [0.3, 0.4) is 0 Å². The molecule has 1 heterocycles. The summed E-state index contributed by atoms with van der Waals surface area (Å²) in [6, 6.07) is 14.6. The molecule has 0 fully saturated rings. The molecule has 0 aromatic heterocycles. The first-order chi connectivity index (χ1) is 13.5. The van der Waals surface area contributed by atoms with Crippen molar-refractivity contribution in [3.05, 3.63) is 64.1 Å². The summed E-state index contributed by atoms with van der Waals surface area (Å²) in [5.41, 5.74) is 2.41. The van der Waals surface area contributed by atoms with Crippen LogP contribution in [0.25, 0.3) is 0 Å². The molecule has 0 radical (unpaired) electrons. The van der Waals surface area contributed by atoms with Gasteiger partial charge in [-0.3, -0.25) is 14.4 Å². The average Bonchev–Trinajstić information content (AvgIpc) is 2.71. The van der Waals surface area contributed by atoms with E-state index in [9.17, 15) is 14.4 Å². The van der Waals surface area contributed by atoms with Crippen LogP contribution in [-0.4, -0.2) is 37.0 Å². The highest BCUT2D eigenvalue weighted by Gasteiger charge is 2.28. The van der Waals surface area contributed by atoms with Crippen LogP contribution in [0, 0.1) is 0 Å². The standard InChI is InChI=1S/C21H21BrN2O4/c1-14(21(27)24-11-5-8-15-6-2-3-10-18(15)24)28-19(25)13-23-20(26)16-7-4-9-17(22)12-16/h2-4,6-7,9-10,12,14H,5,8,11,13H2,1H3,(H,23,26). The minimum Gasteiger partial charge on any atom is -0.451 e. The van der Waals surface area contributed by atoms with Crippen LogP contribution in [0.15, 0.2) is 53.0 Å². The third kappa shape index (κ3) is 4.78. The van der Waals surface area contributed by atoms with E-state index in [4.69, 9.17) is 4.74 Å². The summed E-state index contributed by atoms with van der Waals surface area (Å²) in [5.74, 6) is -1.31. The van der Waals surface area contributed by atoms with Crippen LogP contribution in [0.5, 0.6) is 0 Å². The van der Waals surface area contributed by atoms with E-state index in [1.165, 1.54) is 0 Å². The number of anilines is 1. The van der Waals surface area contributed by atoms with Crippen LogP contribution < -0.4 is 10.2 Å². The molecule has 1 aliphatic heterocycles. The lowest BCUT2D eigenvalue weighted by Crippen LogP contribution is -2.43. The zero-order valence-electron chi connectivity index (χ0n) is 15.5. The minimum atomic E-state index is -0.929. The molecule has 1 atom stereocenters.